The Kier molecular flexibility index (Phi) is 4.97. The van der Waals surface area contributed by atoms with Crippen LogP contribution >= 0.6 is 11.6 Å². The average molecular weight is 354 g/mol. The largest absolute Gasteiger partial charge is 0.465 e. The van der Waals surface area contributed by atoms with E-state index in [4.69, 9.17) is 11.6 Å². The number of ether oxygens (including phenoxy) is 1. The fourth-order valence-electron chi connectivity index (χ4n) is 2.11. The molecule has 0 amide bonds. The minimum atomic E-state index is -3.86. The predicted octanol–water partition coefficient (Wildman–Crippen LogP) is 3.54. The van der Waals surface area contributed by atoms with Crippen molar-refractivity contribution >= 4 is 33.3 Å². The Balaban J connectivity index is 2.46. The van der Waals surface area contributed by atoms with Gasteiger partial charge in [0.15, 0.2) is 0 Å². The first kappa shape index (κ1) is 17.3. The zero-order valence-corrected chi connectivity index (χ0v) is 14.5. The number of halogens is 1. The van der Waals surface area contributed by atoms with Crippen molar-refractivity contribution < 1.29 is 17.9 Å². The Hall–Kier alpha value is -2.05. The molecule has 0 aliphatic rings. The van der Waals surface area contributed by atoms with Crippen molar-refractivity contribution in [3.05, 3.63) is 58.1 Å². The highest BCUT2D eigenvalue weighted by molar-refractivity contribution is 7.92. The van der Waals surface area contributed by atoms with E-state index in [0.717, 1.165) is 11.1 Å². The van der Waals surface area contributed by atoms with E-state index in [0.29, 0.717) is 5.69 Å². The number of carbonyl (C=O) groups excluding carboxylic acids is 1. The summed E-state index contributed by atoms with van der Waals surface area (Å²) in [6.45, 7) is 3.62. The highest BCUT2D eigenvalue weighted by Crippen LogP contribution is 2.26. The van der Waals surface area contributed by atoms with Crippen LogP contribution in [-0.4, -0.2) is 21.5 Å². The third-order valence-electron chi connectivity index (χ3n) is 3.37. The van der Waals surface area contributed by atoms with E-state index in [1.807, 2.05) is 32.0 Å². The molecule has 122 valence electrons. The Labute approximate surface area is 140 Å². The fourth-order valence-corrected chi connectivity index (χ4v) is 3.53. The summed E-state index contributed by atoms with van der Waals surface area (Å²) < 4.78 is 32.3. The molecule has 2 aromatic rings. The normalized spacial score (nSPS) is 11.1. The van der Waals surface area contributed by atoms with Gasteiger partial charge in [-0.2, -0.15) is 0 Å². The van der Waals surface area contributed by atoms with Gasteiger partial charge in [-0.1, -0.05) is 29.8 Å². The number of carbonyl (C=O) groups is 1. The summed E-state index contributed by atoms with van der Waals surface area (Å²) in [5, 5.41) is 0.128. The summed E-state index contributed by atoms with van der Waals surface area (Å²) in [6.07, 6.45) is 0. The first-order chi connectivity index (χ1) is 10.8. The SMILES string of the molecule is COC(=O)c1cc(S(=O)(=O)Nc2c(C)cccc2C)ccc1Cl. The van der Waals surface area contributed by atoms with Gasteiger partial charge in [0.25, 0.3) is 10.0 Å². The molecule has 23 heavy (non-hydrogen) atoms. The third-order valence-corrected chi connectivity index (χ3v) is 5.05. The van der Waals surface area contributed by atoms with Crippen LogP contribution in [0.4, 0.5) is 5.69 Å². The van der Waals surface area contributed by atoms with E-state index < -0.39 is 16.0 Å². The minimum absolute atomic E-state index is 0.00135. The first-order valence-corrected chi connectivity index (χ1v) is 8.59. The molecule has 0 fully saturated rings. The molecular weight excluding hydrogens is 338 g/mol. The number of nitrogens with one attached hydrogen (secondary N) is 1. The lowest BCUT2D eigenvalue weighted by atomic mass is 10.1. The fraction of sp³-hybridized carbons (Fsp3) is 0.188. The number of hydrogen-bond donors (Lipinski definition) is 1. The molecular formula is C16H16ClNO4S. The van der Waals surface area contributed by atoms with Crippen molar-refractivity contribution in [3.63, 3.8) is 0 Å². The van der Waals surface area contributed by atoms with Crippen molar-refractivity contribution in [2.45, 2.75) is 18.7 Å². The maximum atomic E-state index is 12.6. The first-order valence-electron chi connectivity index (χ1n) is 6.73. The number of rotatable bonds is 4. The zero-order chi connectivity index (χ0) is 17.2. The van der Waals surface area contributed by atoms with Gasteiger partial charge in [0.1, 0.15) is 0 Å². The molecule has 0 spiro atoms. The maximum absolute atomic E-state index is 12.6. The van der Waals surface area contributed by atoms with Crippen LogP contribution in [0.25, 0.3) is 0 Å². The molecule has 0 unspecified atom stereocenters. The molecule has 0 bridgehead atoms. The number of sulfonamides is 1. The smallest absolute Gasteiger partial charge is 0.339 e. The van der Waals surface area contributed by atoms with Crippen molar-refractivity contribution in [2.24, 2.45) is 0 Å². The van der Waals surface area contributed by atoms with Crippen LogP contribution in [0.15, 0.2) is 41.3 Å². The predicted molar refractivity (Wildman–Crippen MR) is 89.5 cm³/mol. The molecule has 0 radical (unpaired) electrons. The second kappa shape index (κ2) is 6.60. The lowest BCUT2D eigenvalue weighted by molar-refractivity contribution is 0.0600. The molecule has 0 heterocycles. The molecule has 2 aromatic carbocycles. The van der Waals surface area contributed by atoms with Gasteiger partial charge in [0, 0.05) is 0 Å². The van der Waals surface area contributed by atoms with Crippen molar-refractivity contribution in [2.75, 3.05) is 11.8 Å². The topological polar surface area (TPSA) is 72.5 Å². The summed E-state index contributed by atoms with van der Waals surface area (Å²) in [6, 6.07) is 9.36. The number of esters is 1. The summed E-state index contributed by atoms with van der Waals surface area (Å²) in [4.78, 5) is 11.6. The van der Waals surface area contributed by atoms with Gasteiger partial charge >= 0.3 is 5.97 Å². The Bertz CT molecular complexity index is 842. The van der Waals surface area contributed by atoms with Gasteiger partial charge < -0.3 is 4.74 Å². The molecule has 0 aromatic heterocycles. The zero-order valence-electron chi connectivity index (χ0n) is 12.9. The number of benzene rings is 2. The van der Waals surface area contributed by atoms with Gasteiger partial charge in [-0.05, 0) is 43.2 Å². The molecule has 7 heteroatoms. The highest BCUT2D eigenvalue weighted by atomic mass is 35.5. The van der Waals surface area contributed by atoms with E-state index in [9.17, 15) is 13.2 Å². The standard InChI is InChI=1S/C16H16ClNO4S/c1-10-5-4-6-11(2)15(10)18-23(20,21)12-7-8-14(17)13(9-12)16(19)22-3/h4-9,18H,1-3H3. The number of para-hydroxylation sites is 1. The summed E-state index contributed by atoms with van der Waals surface area (Å²) in [7, 11) is -2.65. The number of methoxy groups -OCH3 is 1. The van der Waals surface area contributed by atoms with Gasteiger partial charge in [0.2, 0.25) is 0 Å². The van der Waals surface area contributed by atoms with Crippen molar-refractivity contribution in [3.8, 4) is 0 Å². The van der Waals surface area contributed by atoms with Crippen LogP contribution in [0.2, 0.25) is 5.02 Å². The monoisotopic (exact) mass is 353 g/mol. The van der Waals surface area contributed by atoms with E-state index in [1.165, 1.54) is 25.3 Å². The number of hydrogen-bond acceptors (Lipinski definition) is 4. The van der Waals surface area contributed by atoms with Gasteiger partial charge in [0.05, 0.1) is 28.3 Å². The Morgan fingerprint density at radius 2 is 1.74 bits per heavy atom. The lowest BCUT2D eigenvalue weighted by Gasteiger charge is -2.14. The summed E-state index contributed by atoms with van der Waals surface area (Å²) in [5.41, 5.74) is 2.12. The summed E-state index contributed by atoms with van der Waals surface area (Å²) in [5.74, 6) is -0.695. The number of anilines is 1. The van der Waals surface area contributed by atoms with Gasteiger partial charge in [-0.15, -0.1) is 0 Å². The molecule has 0 aliphatic carbocycles. The van der Waals surface area contributed by atoms with Crippen LogP contribution in [0, 0.1) is 13.8 Å². The Morgan fingerprint density at radius 3 is 2.30 bits per heavy atom. The van der Waals surface area contributed by atoms with Crippen LogP contribution < -0.4 is 4.72 Å². The molecule has 2 rings (SSSR count). The van der Waals surface area contributed by atoms with E-state index in [2.05, 4.69) is 9.46 Å². The van der Waals surface area contributed by atoms with E-state index in [-0.39, 0.29) is 15.5 Å². The van der Waals surface area contributed by atoms with Crippen LogP contribution in [0.1, 0.15) is 21.5 Å². The van der Waals surface area contributed by atoms with Crippen molar-refractivity contribution in [1.82, 2.24) is 0 Å². The van der Waals surface area contributed by atoms with Gasteiger partial charge in [-0.3, -0.25) is 4.72 Å². The van der Waals surface area contributed by atoms with Crippen LogP contribution in [0.3, 0.4) is 0 Å². The molecule has 0 aliphatic heterocycles. The van der Waals surface area contributed by atoms with Crippen LogP contribution in [0.5, 0.6) is 0 Å². The van der Waals surface area contributed by atoms with Crippen molar-refractivity contribution in [1.29, 1.82) is 0 Å². The second-order valence-corrected chi connectivity index (χ2v) is 7.10. The van der Waals surface area contributed by atoms with E-state index >= 15 is 0 Å². The lowest BCUT2D eigenvalue weighted by Crippen LogP contribution is -2.15. The molecule has 0 saturated carbocycles. The second-order valence-electron chi connectivity index (χ2n) is 5.01. The Morgan fingerprint density at radius 1 is 1.13 bits per heavy atom. The molecule has 0 atom stereocenters. The molecule has 5 nitrogen and oxygen atoms in total. The average Bonchev–Trinajstić information content (AvgIpc) is 2.50. The molecule has 1 N–H and O–H groups in total. The molecule has 0 saturated heterocycles. The van der Waals surface area contributed by atoms with Crippen LogP contribution in [-0.2, 0) is 14.8 Å². The van der Waals surface area contributed by atoms with E-state index in [1.54, 1.807) is 0 Å². The minimum Gasteiger partial charge on any atom is -0.465 e. The van der Waals surface area contributed by atoms with Gasteiger partial charge in [-0.25, -0.2) is 13.2 Å². The summed E-state index contributed by atoms with van der Waals surface area (Å²) >= 11 is 5.91. The highest BCUT2D eigenvalue weighted by Gasteiger charge is 2.20. The number of aryl methyl sites for hydroxylation is 2. The quantitative estimate of drug-likeness (QED) is 0.853. The third kappa shape index (κ3) is 3.65. The maximum Gasteiger partial charge on any atom is 0.339 e.